The molecule has 0 aromatic heterocycles. The van der Waals surface area contributed by atoms with E-state index in [1.807, 2.05) is 32.0 Å². The molecule has 0 N–H and O–H groups in total. The van der Waals surface area contributed by atoms with Crippen molar-refractivity contribution in [1.29, 1.82) is 0 Å². The Morgan fingerprint density at radius 3 is 2.82 bits per heavy atom. The lowest BCUT2D eigenvalue weighted by molar-refractivity contribution is -0.116. The zero-order valence-electron chi connectivity index (χ0n) is 10.0. The molecule has 0 atom stereocenters. The van der Waals surface area contributed by atoms with Gasteiger partial charge in [-0.15, -0.1) is 11.8 Å². The largest absolute Gasteiger partial charge is 0.311 e. The van der Waals surface area contributed by atoms with Gasteiger partial charge in [0.2, 0.25) is 5.91 Å². The summed E-state index contributed by atoms with van der Waals surface area (Å²) in [4.78, 5) is 26.1. The lowest BCUT2D eigenvalue weighted by Crippen LogP contribution is -2.35. The molecule has 0 saturated carbocycles. The molecule has 1 aromatic rings. The predicted octanol–water partition coefficient (Wildman–Crippen LogP) is 2.74. The van der Waals surface area contributed by atoms with Gasteiger partial charge in [-0.05, 0) is 25.1 Å². The minimum Gasteiger partial charge on any atom is -0.311 e. The van der Waals surface area contributed by atoms with E-state index in [-0.39, 0.29) is 11.7 Å². The summed E-state index contributed by atoms with van der Waals surface area (Å²) in [6.45, 7) is 4.49. The van der Waals surface area contributed by atoms with E-state index in [9.17, 15) is 9.59 Å². The van der Waals surface area contributed by atoms with Gasteiger partial charge in [0.15, 0.2) is 5.78 Å². The van der Waals surface area contributed by atoms with E-state index >= 15 is 0 Å². The number of nitrogens with zero attached hydrogens (tertiary/aromatic N) is 1. The Kier molecular flexibility index (Phi) is 3.52. The van der Waals surface area contributed by atoms with Crippen molar-refractivity contribution in [2.24, 2.45) is 0 Å². The van der Waals surface area contributed by atoms with Gasteiger partial charge in [-0.1, -0.05) is 6.92 Å². The van der Waals surface area contributed by atoms with Crippen molar-refractivity contribution in [3.05, 3.63) is 23.8 Å². The first-order valence-corrected chi connectivity index (χ1v) is 6.76. The third-order valence-electron chi connectivity index (χ3n) is 2.86. The summed E-state index contributed by atoms with van der Waals surface area (Å²) in [7, 11) is 0. The Balaban J connectivity index is 2.41. The Hall–Kier alpha value is -1.29. The summed E-state index contributed by atoms with van der Waals surface area (Å²) in [6.07, 6.45) is 0.514. The number of benzene rings is 1. The van der Waals surface area contributed by atoms with Gasteiger partial charge in [0.05, 0.1) is 11.4 Å². The van der Waals surface area contributed by atoms with Crippen LogP contribution in [0.4, 0.5) is 5.69 Å². The van der Waals surface area contributed by atoms with Crippen molar-refractivity contribution in [2.75, 3.05) is 17.2 Å². The number of ketones is 1. The van der Waals surface area contributed by atoms with Crippen LogP contribution in [-0.2, 0) is 4.79 Å². The highest BCUT2D eigenvalue weighted by molar-refractivity contribution is 8.00. The highest BCUT2D eigenvalue weighted by Gasteiger charge is 2.23. The number of hydrogen-bond acceptors (Lipinski definition) is 3. The standard InChI is InChI=1S/C13H15NO2S/c1-3-11(15)9-5-6-10-12(7-9)17-8-13(16)14(10)4-2/h5-7H,3-4,8H2,1-2H3. The van der Waals surface area contributed by atoms with Gasteiger partial charge < -0.3 is 4.90 Å². The molecule has 2 rings (SSSR count). The molecule has 4 heteroatoms. The van der Waals surface area contributed by atoms with Crippen LogP contribution >= 0.6 is 11.8 Å². The molecule has 17 heavy (non-hydrogen) atoms. The van der Waals surface area contributed by atoms with E-state index in [1.165, 1.54) is 11.8 Å². The number of anilines is 1. The third kappa shape index (κ3) is 2.22. The van der Waals surface area contributed by atoms with Crippen molar-refractivity contribution < 1.29 is 9.59 Å². The molecule has 3 nitrogen and oxygen atoms in total. The van der Waals surface area contributed by atoms with E-state index in [0.29, 0.717) is 18.7 Å². The lowest BCUT2D eigenvalue weighted by Gasteiger charge is -2.28. The first kappa shape index (κ1) is 12.2. The van der Waals surface area contributed by atoms with Gasteiger partial charge in [0.25, 0.3) is 0 Å². The van der Waals surface area contributed by atoms with Crippen molar-refractivity contribution in [1.82, 2.24) is 0 Å². The maximum absolute atomic E-state index is 11.7. The number of fused-ring (bicyclic) bond motifs is 1. The molecule has 1 amide bonds. The summed E-state index contributed by atoms with van der Waals surface area (Å²) in [6, 6.07) is 5.60. The highest BCUT2D eigenvalue weighted by atomic mass is 32.2. The fourth-order valence-electron chi connectivity index (χ4n) is 1.93. The van der Waals surface area contributed by atoms with Crippen LogP contribution in [0.1, 0.15) is 30.6 Å². The molecule has 0 fully saturated rings. The number of hydrogen-bond donors (Lipinski definition) is 0. The van der Waals surface area contributed by atoms with E-state index in [2.05, 4.69) is 0 Å². The van der Waals surface area contributed by atoms with E-state index < -0.39 is 0 Å². The minimum atomic E-state index is 0.138. The Bertz CT molecular complexity index is 470. The highest BCUT2D eigenvalue weighted by Crippen LogP contribution is 2.35. The molecule has 0 aliphatic carbocycles. The van der Waals surface area contributed by atoms with Crippen molar-refractivity contribution in [3.63, 3.8) is 0 Å². The van der Waals surface area contributed by atoms with Gasteiger partial charge in [-0.25, -0.2) is 0 Å². The maximum Gasteiger partial charge on any atom is 0.237 e. The number of Topliss-reactive ketones (excluding diaryl/α,β-unsaturated/α-hetero) is 1. The summed E-state index contributed by atoms with van der Waals surface area (Å²) in [5, 5.41) is 0. The zero-order chi connectivity index (χ0) is 12.4. The monoisotopic (exact) mass is 249 g/mol. The molecule has 1 aromatic carbocycles. The number of carbonyl (C=O) groups is 2. The van der Waals surface area contributed by atoms with Crippen LogP contribution in [-0.4, -0.2) is 24.0 Å². The second-order valence-corrected chi connectivity index (χ2v) is 4.90. The second-order valence-electron chi connectivity index (χ2n) is 3.89. The average molecular weight is 249 g/mol. The fourth-order valence-corrected chi connectivity index (χ4v) is 2.90. The van der Waals surface area contributed by atoms with E-state index in [4.69, 9.17) is 0 Å². The molecule has 1 aliphatic heterocycles. The molecule has 0 radical (unpaired) electrons. The quantitative estimate of drug-likeness (QED) is 0.773. The number of amides is 1. The van der Waals surface area contributed by atoms with Crippen molar-refractivity contribution in [3.8, 4) is 0 Å². The predicted molar refractivity (Wildman–Crippen MR) is 69.8 cm³/mol. The van der Waals surface area contributed by atoms with Crippen LogP contribution in [0.3, 0.4) is 0 Å². The molecule has 0 spiro atoms. The minimum absolute atomic E-state index is 0.138. The van der Waals surface area contributed by atoms with Crippen LogP contribution in [0.5, 0.6) is 0 Å². The Labute approximate surface area is 105 Å². The topological polar surface area (TPSA) is 37.4 Å². The zero-order valence-corrected chi connectivity index (χ0v) is 10.8. The van der Waals surface area contributed by atoms with Gasteiger partial charge in [0, 0.05) is 23.4 Å². The maximum atomic E-state index is 11.7. The van der Waals surface area contributed by atoms with Crippen molar-refractivity contribution in [2.45, 2.75) is 25.2 Å². The number of rotatable bonds is 3. The van der Waals surface area contributed by atoms with Crippen LogP contribution in [0.25, 0.3) is 0 Å². The fraction of sp³-hybridized carbons (Fsp3) is 0.385. The molecule has 0 bridgehead atoms. The molecule has 1 aliphatic rings. The summed E-state index contributed by atoms with van der Waals surface area (Å²) < 4.78 is 0. The summed E-state index contributed by atoms with van der Waals surface area (Å²) in [5.41, 5.74) is 1.67. The summed E-state index contributed by atoms with van der Waals surface area (Å²) >= 11 is 1.51. The first-order valence-electron chi connectivity index (χ1n) is 5.77. The summed E-state index contributed by atoms with van der Waals surface area (Å²) in [5.74, 6) is 0.748. The second kappa shape index (κ2) is 4.92. The Morgan fingerprint density at radius 2 is 2.18 bits per heavy atom. The first-order chi connectivity index (χ1) is 8.17. The van der Waals surface area contributed by atoms with Gasteiger partial charge in [0.1, 0.15) is 0 Å². The number of thioether (sulfide) groups is 1. The molecule has 0 unspecified atom stereocenters. The Morgan fingerprint density at radius 1 is 1.41 bits per heavy atom. The third-order valence-corrected chi connectivity index (χ3v) is 3.89. The molecular formula is C13H15NO2S. The van der Waals surface area contributed by atoms with Crippen LogP contribution in [0.15, 0.2) is 23.1 Å². The van der Waals surface area contributed by atoms with Crippen LogP contribution in [0, 0.1) is 0 Å². The number of carbonyl (C=O) groups excluding carboxylic acids is 2. The van der Waals surface area contributed by atoms with Gasteiger partial charge in [-0.2, -0.15) is 0 Å². The van der Waals surface area contributed by atoms with Crippen LogP contribution < -0.4 is 4.90 Å². The van der Waals surface area contributed by atoms with E-state index in [0.717, 1.165) is 16.1 Å². The molecule has 90 valence electrons. The molecule has 1 heterocycles. The average Bonchev–Trinajstić information content (AvgIpc) is 2.37. The smallest absolute Gasteiger partial charge is 0.237 e. The molecular weight excluding hydrogens is 234 g/mol. The van der Waals surface area contributed by atoms with Gasteiger partial charge in [-0.3, -0.25) is 9.59 Å². The van der Waals surface area contributed by atoms with Crippen LogP contribution in [0.2, 0.25) is 0 Å². The van der Waals surface area contributed by atoms with E-state index in [1.54, 1.807) is 4.90 Å². The lowest BCUT2D eigenvalue weighted by atomic mass is 10.1. The normalized spacial score (nSPS) is 14.7. The SMILES string of the molecule is CCC(=O)c1ccc2c(c1)SCC(=O)N2CC. The van der Waals surface area contributed by atoms with Gasteiger partial charge >= 0.3 is 0 Å². The molecule has 0 saturated heterocycles. The van der Waals surface area contributed by atoms with Crippen molar-refractivity contribution >= 4 is 29.1 Å².